The van der Waals surface area contributed by atoms with Crippen LogP contribution >= 0.6 is 0 Å². The average Bonchev–Trinajstić information content (AvgIpc) is 3.89. The number of hydrogen-bond acceptors (Lipinski definition) is 4. The van der Waals surface area contributed by atoms with Crippen molar-refractivity contribution in [3.63, 3.8) is 0 Å². The van der Waals surface area contributed by atoms with Crippen LogP contribution in [0.25, 0.3) is 61.0 Å². The average molecular weight is 993 g/mol. The number of anilines is 4. The van der Waals surface area contributed by atoms with E-state index in [0.29, 0.717) is 58.4 Å². The molecule has 2 aromatic heterocycles. The van der Waals surface area contributed by atoms with Gasteiger partial charge in [0.05, 0.1) is 39.2 Å². The maximum absolute atomic E-state index is 16.3. The van der Waals surface area contributed by atoms with Crippen molar-refractivity contribution in [2.75, 3.05) is 16.5 Å². The molecule has 10 aromatic rings. The van der Waals surface area contributed by atoms with Crippen LogP contribution < -0.4 is 14.5 Å². The Kier molecular flexibility index (Phi) is 11.7. The third-order valence-corrected chi connectivity index (χ3v) is 13.9. The van der Waals surface area contributed by atoms with Crippen molar-refractivity contribution in [2.24, 2.45) is 0 Å². The van der Waals surface area contributed by atoms with Gasteiger partial charge in [0.1, 0.15) is 58.9 Å². The number of benzene rings is 8. The molecule has 0 radical (unpaired) electrons. The Morgan fingerprint density at radius 2 is 1.05 bits per heavy atom. The quantitative estimate of drug-likeness (QED) is 0.142. The van der Waals surface area contributed by atoms with Gasteiger partial charge in [0.15, 0.2) is 0 Å². The Morgan fingerprint density at radius 1 is 0.486 bits per heavy atom. The first-order chi connectivity index (χ1) is 35.3. The highest BCUT2D eigenvalue weighted by atomic mass is 19.2. The van der Waals surface area contributed by atoms with E-state index in [1.807, 2.05) is 124 Å². The summed E-state index contributed by atoms with van der Waals surface area (Å²) < 4.78 is 104. The van der Waals surface area contributed by atoms with Crippen molar-refractivity contribution in [1.29, 1.82) is 0 Å². The number of fused-ring (bicyclic) bond motifs is 4. The number of aryl methyl sites for hydroxylation is 1. The third-order valence-electron chi connectivity index (χ3n) is 13.9. The molecule has 0 saturated carbocycles. The topological polar surface area (TPSA) is 33.5 Å². The highest BCUT2D eigenvalue weighted by Gasteiger charge is 2.36. The number of rotatable bonds is 8. The van der Waals surface area contributed by atoms with Crippen molar-refractivity contribution < 1.29 is 31.1 Å². The van der Waals surface area contributed by atoms with Crippen molar-refractivity contribution >= 4 is 44.6 Å². The normalized spacial score (nSPS) is 12.8. The van der Waals surface area contributed by atoms with Crippen LogP contribution in [0.3, 0.4) is 0 Å². The number of aromatic nitrogens is 2. The van der Waals surface area contributed by atoms with E-state index in [0.717, 1.165) is 49.9 Å². The third kappa shape index (κ3) is 8.49. The molecular weight excluding hydrogens is 943 g/mol. The molecule has 370 valence electrons. The van der Waals surface area contributed by atoms with Crippen molar-refractivity contribution in [3.8, 4) is 50.7 Å². The van der Waals surface area contributed by atoms with Gasteiger partial charge in [-0.15, -0.1) is 0 Å². The zero-order valence-electron chi connectivity index (χ0n) is 41.8. The van der Waals surface area contributed by atoms with Crippen LogP contribution in [0.5, 0.6) is 11.5 Å². The molecule has 0 spiro atoms. The van der Waals surface area contributed by atoms with Gasteiger partial charge in [-0.1, -0.05) is 96.1 Å². The Labute approximate surface area is 425 Å². The van der Waals surface area contributed by atoms with Gasteiger partial charge in [-0.05, 0) is 112 Å². The Hall–Kier alpha value is -8.31. The fourth-order valence-electron chi connectivity index (χ4n) is 10.2. The van der Waals surface area contributed by atoms with Gasteiger partial charge in [0.25, 0.3) is 0 Å². The van der Waals surface area contributed by atoms with Crippen LogP contribution in [0.15, 0.2) is 164 Å². The second-order valence-corrected chi connectivity index (χ2v) is 21.0. The highest BCUT2D eigenvalue weighted by molar-refractivity contribution is 6.09. The zero-order chi connectivity index (χ0) is 52.0. The lowest BCUT2D eigenvalue weighted by molar-refractivity contribution is 0.483. The maximum Gasteiger partial charge on any atom is 0.137 e. The first-order valence-corrected chi connectivity index (χ1v) is 24.3. The number of hydrogen-bond donors (Lipinski definition) is 0. The first-order valence-electron chi connectivity index (χ1n) is 24.3. The van der Waals surface area contributed by atoms with Crippen LogP contribution in [0.1, 0.15) is 58.2 Å². The molecule has 0 unspecified atom stereocenters. The predicted molar refractivity (Wildman–Crippen MR) is 285 cm³/mol. The summed E-state index contributed by atoms with van der Waals surface area (Å²) in [7, 11) is 0. The molecule has 1 aliphatic heterocycles. The van der Waals surface area contributed by atoms with E-state index >= 15 is 17.6 Å². The fraction of sp³-hybridized carbons (Fsp3) is 0.159. The maximum atomic E-state index is 16.3. The van der Waals surface area contributed by atoms with E-state index in [-0.39, 0.29) is 28.9 Å². The number of ether oxygens (including phenoxy) is 1. The zero-order valence-corrected chi connectivity index (χ0v) is 41.8. The van der Waals surface area contributed by atoms with E-state index in [4.69, 9.17) is 9.72 Å². The minimum Gasteiger partial charge on any atom is -0.457 e. The molecule has 11 rings (SSSR count). The van der Waals surface area contributed by atoms with Gasteiger partial charge in [0, 0.05) is 70.2 Å². The summed E-state index contributed by atoms with van der Waals surface area (Å²) in [5.74, 6) is -5.31. The summed E-state index contributed by atoms with van der Waals surface area (Å²) in [5.41, 5.74) is 5.88. The summed E-state index contributed by atoms with van der Waals surface area (Å²) in [6.07, 6.45) is 1.84. The molecule has 11 heteroatoms. The Bertz CT molecular complexity index is 3760. The summed E-state index contributed by atoms with van der Waals surface area (Å²) in [5, 5.41) is 2.08. The lowest BCUT2D eigenvalue weighted by Gasteiger charge is -2.30. The number of halogens is 6. The molecule has 0 atom stereocenters. The van der Waals surface area contributed by atoms with Crippen molar-refractivity contribution in [3.05, 3.63) is 216 Å². The molecule has 0 amide bonds. The standard InChI is InChI=1S/C63H50F6N4O/c1-36-14-8-9-15-45(36)37-24-42(33-44(25-37)74-43-20-21-47-46-16-10-11-17-54(46)73(57(47)34-43)58-28-38(22-23-70-58)62(2,3)4)71-35-72(56-19-13-12-18-55(56)71)61-48(59-50(66)29-40(64)30-51(59)67)26-39(63(5,6)7)27-49(61)60-52(68)31-41(65)32-53(60)69/h8-34H,35H2,1-7H3. The van der Waals surface area contributed by atoms with Crippen LogP contribution in [-0.4, -0.2) is 16.2 Å². The van der Waals surface area contributed by atoms with Crippen LogP contribution in [0, 0.1) is 41.8 Å². The second-order valence-electron chi connectivity index (χ2n) is 21.0. The van der Waals surface area contributed by atoms with E-state index in [9.17, 15) is 8.78 Å². The van der Waals surface area contributed by atoms with Crippen molar-refractivity contribution in [1.82, 2.24) is 9.55 Å². The van der Waals surface area contributed by atoms with E-state index in [2.05, 4.69) is 49.6 Å². The minimum atomic E-state index is -1.22. The van der Waals surface area contributed by atoms with Crippen LogP contribution in [-0.2, 0) is 10.8 Å². The Balaban J connectivity index is 1.10. The summed E-state index contributed by atoms with van der Waals surface area (Å²) in [6, 6.07) is 45.0. The van der Waals surface area contributed by atoms with Gasteiger partial charge in [-0.3, -0.25) is 4.57 Å². The molecule has 0 aliphatic carbocycles. The molecule has 3 heterocycles. The predicted octanol–water partition coefficient (Wildman–Crippen LogP) is 18.0. The molecule has 1 aliphatic rings. The summed E-state index contributed by atoms with van der Waals surface area (Å²) >= 11 is 0. The molecule has 0 N–H and O–H groups in total. The molecule has 0 bridgehead atoms. The molecule has 74 heavy (non-hydrogen) atoms. The van der Waals surface area contributed by atoms with E-state index < -0.39 is 51.4 Å². The van der Waals surface area contributed by atoms with Crippen LogP contribution in [0.4, 0.5) is 49.1 Å². The number of nitrogens with zero attached hydrogens (tertiary/aromatic N) is 4. The monoisotopic (exact) mass is 992 g/mol. The largest absolute Gasteiger partial charge is 0.457 e. The molecule has 5 nitrogen and oxygen atoms in total. The van der Waals surface area contributed by atoms with E-state index in [1.54, 1.807) is 29.2 Å². The van der Waals surface area contributed by atoms with Gasteiger partial charge in [-0.2, -0.15) is 0 Å². The summed E-state index contributed by atoms with van der Waals surface area (Å²) in [6.45, 7) is 14.0. The highest BCUT2D eigenvalue weighted by Crippen LogP contribution is 2.53. The lowest BCUT2D eigenvalue weighted by atomic mass is 9.81. The number of pyridine rings is 1. The van der Waals surface area contributed by atoms with Gasteiger partial charge >= 0.3 is 0 Å². The number of para-hydroxylation sites is 3. The van der Waals surface area contributed by atoms with Crippen LogP contribution in [0.2, 0.25) is 0 Å². The SMILES string of the molecule is Cc1ccccc1-c1cc(Oc2ccc3c4ccccc4n(-c4cc(C(C)(C)C)ccn4)c3c2)cc(N2CN(c3c(-c4c(F)cc(F)cc4F)cc(C(C)(C)C)cc3-c3c(F)cc(F)cc3F)c3ccccc32)c1. The van der Waals surface area contributed by atoms with Gasteiger partial charge < -0.3 is 14.5 Å². The van der Waals surface area contributed by atoms with Crippen molar-refractivity contribution in [2.45, 2.75) is 59.3 Å². The van der Waals surface area contributed by atoms with Gasteiger partial charge in [0.2, 0.25) is 0 Å². The Morgan fingerprint density at radius 3 is 1.68 bits per heavy atom. The molecular formula is C63H50F6N4O. The first kappa shape index (κ1) is 48.0. The van der Waals surface area contributed by atoms with E-state index in [1.165, 1.54) is 0 Å². The smallest absolute Gasteiger partial charge is 0.137 e. The molecule has 0 fully saturated rings. The second kappa shape index (κ2) is 18.0. The summed E-state index contributed by atoms with van der Waals surface area (Å²) in [4.78, 5) is 8.57. The molecule has 0 saturated heterocycles. The fourth-order valence-corrected chi connectivity index (χ4v) is 10.2. The van der Waals surface area contributed by atoms with Gasteiger partial charge in [-0.25, -0.2) is 31.3 Å². The minimum absolute atomic E-state index is 0.0134. The lowest BCUT2D eigenvalue weighted by Crippen LogP contribution is -2.26. The molecule has 8 aromatic carbocycles.